The summed E-state index contributed by atoms with van der Waals surface area (Å²) in [6.07, 6.45) is 0. The van der Waals surface area contributed by atoms with Crippen LogP contribution in [0.3, 0.4) is 0 Å². The van der Waals surface area contributed by atoms with Gasteiger partial charge in [-0.05, 0) is 22.9 Å². The molecule has 1 N–H and O–H groups in total. The van der Waals surface area contributed by atoms with Crippen molar-refractivity contribution in [2.75, 3.05) is 0 Å². The minimum atomic E-state index is -0.529. The zero-order chi connectivity index (χ0) is 11.7. The minimum absolute atomic E-state index is 0.0861. The van der Waals surface area contributed by atoms with Crippen molar-refractivity contribution in [3.63, 3.8) is 0 Å². The number of Topliss-reactive ketones (excluding diaryl/α,β-unsaturated/α-hetero) is 1. The van der Waals surface area contributed by atoms with Crippen molar-refractivity contribution >= 4 is 21.7 Å². The van der Waals surface area contributed by atoms with Crippen LogP contribution in [0.2, 0.25) is 0 Å². The van der Waals surface area contributed by atoms with Gasteiger partial charge >= 0.3 is 10.2 Å². The van der Waals surface area contributed by atoms with Gasteiger partial charge in [0.1, 0.15) is 0 Å². The van der Waals surface area contributed by atoms with Gasteiger partial charge < -0.3 is 0 Å². The fraction of sp³-hybridized carbons (Fsp3) is 0.100. The first kappa shape index (κ1) is 10.8. The molecule has 1 aromatic heterocycles. The number of nitrogens with zero attached hydrogens (tertiary/aromatic N) is 1. The Hall–Kier alpha value is -1.69. The number of halogens is 1. The lowest BCUT2D eigenvalue weighted by Crippen LogP contribution is -2.36. The third-order valence-electron chi connectivity index (χ3n) is 2.12. The zero-order valence-electron chi connectivity index (χ0n) is 8.36. The normalized spacial score (nSPS) is 10.4. The van der Waals surface area contributed by atoms with E-state index >= 15 is 0 Å². The Morgan fingerprint density at radius 3 is 2.69 bits per heavy atom. The van der Waals surface area contributed by atoms with E-state index in [2.05, 4.69) is 25.7 Å². The predicted octanol–water partition coefficient (Wildman–Crippen LogP) is 1.21. The van der Waals surface area contributed by atoms with Crippen molar-refractivity contribution < 1.29 is 14.0 Å². The molecule has 0 unspecified atom stereocenters. The average Bonchev–Trinajstić information content (AvgIpc) is 2.60. The summed E-state index contributed by atoms with van der Waals surface area (Å²) in [6, 6.07) is 6.93. The number of benzene rings is 1. The summed E-state index contributed by atoms with van der Waals surface area (Å²) < 4.78 is 6.19. The molecule has 0 aliphatic heterocycles. The Morgan fingerprint density at radius 2 is 2.12 bits per heavy atom. The maximum Gasteiger partial charge on any atom is 0.442 e. The van der Waals surface area contributed by atoms with Crippen molar-refractivity contribution in [3.05, 3.63) is 44.9 Å². The summed E-state index contributed by atoms with van der Waals surface area (Å²) in [5.41, 5.74) is 0.538. The van der Waals surface area contributed by atoms with Crippen LogP contribution in [0.5, 0.6) is 0 Å². The second-order valence-corrected chi connectivity index (χ2v) is 3.93. The van der Waals surface area contributed by atoms with E-state index in [4.69, 9.17) is 0 Å². The van der Waals surface area contributed by atoms with Crippen LogP contribution in [0, 0.1) is 0 Å². The lowest BCUT2D eigenvalue weighted by Gasteiger charge is -1.96. The number of nitrogens with one attached hydrogen (secondary N) is 1. The summed E-state index contributed by atoms with van der Waals surface area (Å²) in [5, 5.41) is 2.42. The van der Waals surface area contributed by atoms with E-state index in [9.17, 15) is 9.59 Å². The van der Waals surface area contributed by atoms with Crippen LogP contribution in [0.1, 0.15) is 17.3 Å². The van der Waals surface area contributed by atoms with Crippen molar-refractivity contribution in [1.82, 2.24) is 5.27 Å². The Bertz CT molecular complexity index is 600. The second-order valence-electron chi connectivity index (χ2n) is 3.18. The third-order valence-corrected chi connectivity index (χ3v) is 2.80. The number of aromatic nitrogens is 2. The lowest BCUT2D eigenvalue weighted by atomic mass is 10.1. The highest BCUT2D eigenvalue weighted by molar-refractivity contribution is 9.10. The van der Waals surface area contributed by atoms with Crippen molar-refractivity contribution in [1.29, 1.82) is 0 Å². The smallest absolute Gasteiger partial charge is 0.294 e. The largest absolute Gasteiger partial charge is 0.442 e. The van der Waals surface area contributed by atoms with E-state index in [1.807, 2.05) is 0 Å². The molecule has 82 valence electrons. The molecule has 0 atom stereocenters. The number of aromatic amines is 1. The van der Waals surface area contributed by atoms with Gasteiger partial charge in [-0.1, -0.05) is 12.1 Å². The topological polar surface area (TPSA) is 66.9 Å². The van der Waals surface area contributed by atoms with E-state index in [0.717, 1.165) is 0 Å². The van der Waals surface area contributed by atoms with E-state index in [-0.39, 0.29) is 10.4 Å². The Labute approximate surface area is 98.8 Å². The summed E-state index contributed by atoms with van der Waals surface area (Å²) in [4.78, 5) is 22.6. The SMILES string of the molecule is CC(=O)c1ccccc1-[n+]1[nH]oc(=O)c1Br. The molecule has 0 aliphatic carbocycles. The van der Waals surface area contributed by atoms with Gasteiger partial charge in [0.2, 0.25) is 0 Å². The van der Waals surface area contributed by atoms with E-state index in [1.54, 1.807) is 24.3 Å². The quantitative estimate of drug-likeness (QED) is 0.665. The molecular formula is C10H8BrN2O3+. The maximum atomic E-state index is 11.4. The molecule has 0 amide bonds. The van der Waals surface area contributed by atoms with Gasteiger partial charge in [-0.15, -0.1) is 0 Å². The van der Waals surface area contributed by atoms with Gasteiger partial charge in [-0.25, -0.2) is 4.79 Å². The minimum Gasteiger partial charge on any atom is -0.294 e. The van der Waals surface area contributed by atoms with E-state index in [1.165, 1.54) is 11.6 Å². The Balaban J connectivity index is 2.69. The molecule has 16 heavy (non-hydrogen) atoms. The van der Waals surface area contributed by atoms with Crippen LogP contribution < -0.4 is 10.3 Å². The average molecular weight is 284 g/mol. The molecule has 0 saturated heterocycles. The molecule has 0 bridgehead atoms. The van der Waals surface area contributed by atoms with Crippen LogP contribution >= 0.6 is 15.9 Å². The fourth-order valence-electron chi connectivity index (χ4n) is 1.38. The highest BCUT2D eigenvalue weighted by Gasteiger charge is 2.24. The summed E-state index contributed by atoms with van der Waals surface area (Å²) in [6.45, 7) is 1.46. The van der Waals surface area contributed by atoms with Gasteiger partial charge in [0.25, 0.3) is 5.69 Å². The molecule has 1 heterocycles. The number of para-hydroxylation sites is 1. The maximum absolute atomic E-state index is 11.4. The molecule has 2 aromatic rings. The number of hydrogen-bond acceptors (Lipinski definition) is 3. The monoisotopic (exact) mass is 283 g/mol. The van der Waals surface area contributed by atoms with Gasteiger partial charge in [0.15, 0.2) is 5.78 Å². The number of H-pyrrole nitrogens is 1. The van der Waals surface area contributed by atoms with Crippen molar-refractivity contribution in [3.8, 4) is 5.69 Å². The molecule has 2 rings (SSSR count). The molecule has 0 radical (unpaired) electrons. The molecule has 0 fully saturated rings. The van der Waals surface area contributed by atoms with Gasteiger partial charge in [0.05, 0.1) is 5.56 Å². The van der Waals surface area contributed by atoms with Gasteiger partial charge in [-0.2, -0.15) is 0 Å². The summed E-state index contributed by atoms with van der Waals surface area (Å²) in [5.74, 6) is -0.0861. The summed E-state index contributed by atoms with van der Waals surface area (Å²) in [7, 11) is 0. The number of carbonyl (C=O) groups is 1. The molecule has 6 heteroatoms. The Kier molecular flexibility index (Phi) is 2.74. The number of hydrogen-bond donors (Lipinski definition) is 1. The standard InChI is InChI=1S/C10H7BrN2O3/c1-6(14)7-4-2-3-5-8(7)13-9(11)10(15)16-12-13/h2-5H,1H3/p+1. The first-order valence-corrected chi connectivity index (χ1v) is 5.30. The van der Waals surface area contributed by atoms with Crippen molar-refractivity contribution in [2.45, 2.75) is 6.92 Å². The first-order chi connectivity index (χ1) is 7.61. The highest BCUT2D eigenvalue weighted by Crippen LogP contribution is 2.10. The highest BCUT2D eigenvalue weighted by atomic mass is 79.9. The van der Waals surface area contributed by atoms with Gasteiger partial charge in [0, 0.05) is 22.0 Å². The third kappa shape index (κ3) is 1.71. The lowest BCUT2D eigenvalue weighted by molar-refractivity contribution is -0.680. The van der Waals surface area contributed by atoms with Crippen LogP contribution in [-0.2, 0) is 0 Å². The number of rotatable bonds is 2. The fourth-order valence-corrected chi connectivity index (χ4v) is 1.73. The van der Waals surface area contributed by atoms with E-state index < -0.39 is 5.63 Å². The first-order valence-electron chi connectivity index (χ1n) is 4.50. The van der Waals surface area contributed by atoms with Crippen LogP contribution in [-0.4, -0.2) is 11.1 Å². The van der Waals surface area contributed by atoms with Gasteiger partial charge in [-0.3, -0.25) is 9.32 Å². The molecule has 5 nitrogen and oxygen atoms in total. The van der Waals surface area contributed by atoms with Crippen LogP contribution in [0.15, 0.2) is 38.2 Å². The molecule has 0 saturated carbocycles. The van der Waals surface area contributed by atoms with E-state index in [0.29, 0.717) is 11.3 Å². The van der Waals surface area contributed by atoms with Crippen molar-refractivity contribution in [2.24, 2.45) is 0 Å². The van der Waals surface area contributed by atoms with Crippen LogP contribution in [0.25, 0.3) is 5.69 Å². The summed E-state index contributed by atoms with van der Waals surface area (Å²) >= 11 is 3.08. The number of ketones is 1. The second kappa shape index (κ2) is 4.05. The molecule has 0 spiro atoms. The number of carbonyl (C=O) groups excluding carboxylic acids is 1. The molecular weight excluding hydrogens is 276 g/mol. The predicted molar refractivity (Wildman–Crippen MR) is 58.6 cm³/mol. The van der Waals surface area contributed by atoms with Crippen LogP contribution in [0.4, 0.5) is 0 Å². The Morgan fingerprint density at radius 1 is 1.44 bits per heavy atom. The zero-order valence-corrected chi connectivity index (χ0v) is 9.95. The molecule has 1 aromatic carbocycles. The molecule has 0 aliphatic rings.